The minimum atomic E-state index is -0.0587. The SMILES string of the molecule is Cc1cccc(CC(C)[C@H]2CC=C3C4=C(CC[C@@]32C)[C@@]2(C)CC[C@H](O)C[C@@H]2CC4)c1. The van der Waals surface area contributed by atoms with Gasteiger partial charge in [0.05, 0.1) is 6.10 Å². The Hall–Kier alpha value is -1.34. The first-order valence-electron chi connectivity index (χ1n) is 12.5. The van der Waals surface area contributed by atoms with Gasteiger partial charge in [0.25, 0.3) is 0 Å². The molecule has 30 heavy (non-hydrogen) atoms. The lowest BCUT2D eigenvalue weighted by atomic mass is 9.51. The number of aliphatic hydroxyl groups is 1. The van der Waals surface area contributed by atoms with Gasteiger partial charge >= 0.3 is 0 Å². The summed E-state index contributed by atoms with van der Waals surface area (Å²) in [4.78, 5) is 0. The van der Waals surface area contributed by atoms with E-state index in [9.17, 15) is 5.11 Å². The zero-order valence-corrected chi connectivity index (χ0v) is 19.5. The third kappa shape index (κ3) is 3.15. The number of hydrogen-bond donors (Lipinski definition) is 1. The van der Waals surface area contributed by atoms with Crippen molar-refractivity contribution in [3.8, 4) is 0 Å². The number of benzene rings is 1. The highest BCUT2D eigenvalue weighted by Gasteiger charge is 2.52. The van der Waals surface area contributed by atoms with E-state index >= 15 is 0 Å². The molecule has 0 bridgehead atoms. The number of allylic oxidation sites excluding steroid dienone is 4. The summed E-state index contributed by atoms with van der Waals surface area (Å²) in [6, 6.07) is 9.12. The van der Waals surface area contributed by atoms with Gasteiger partial charge in [-0.15, -0.1) is 0 Å². The average molecular weight is 405 g/mol. The Morgan fingerprint density at radius 2 is 1.93 bits per heavy atom. The number of fused-ring (bicyclic) bond motifs is 4. The predicted molar refractivity (Wildman–Crippen MR) is 125 cm³/mol. The van der Waals surface area contributed by atoms with Crippen molar-refractivity contribution < 1.29 is 5.11 Å². The number of rotatable bonds is 3. The molecule has 1 fully saturated rings. The molecule has 0 aliphatic heterocycles. The fourth-order valence-corrected chi connectivity index (χ4v) is 8.08. The highest BCUT2D eigenvalue weighted by Crippen LogP contribution is 2.64. The monoisotopic (exact) mass is 404 g/mol. The molecule has 1 aromatic carbocycles. The number of hydrogen-bond acceptors (Lipinski definition) is 1. The van der Waals surface area contributed by atoms with E-state index in [1.165, 1.54) is 56.1 Å². The highest BCUT2D eigenvalue weighted by atomic mass is 16.3. The van der Waals surface area contributed by atoms with Crippen molar-refractivity contribution in [3.63, 3.8) is 0 Å². The normalized spacial score (nSPS) is 39.1. The van der Waals surface area contributed by atoms with Crippen LogP contribution in [0.5, 0.6) is 0 Å². The van der Waals surface area contributed by atoms with Crippen LogP contribution in [0.3, 0.4) is 0 Å². The van der Waals surface area contributed by atoms with Crippen LogP contribution in [0.4, 0.5) is 0 Å². The molecule has 1 saturated carbocycles. The van der Waals surface area contributed by atoms with Crippen LogP contribution in [-0.2, 0) is 6.42 Å². The van der Waals surface area contributed by atoms with Gasteiger partial charge in [-0.05, 0) is 110 Å². The maximum atomic E-state index is 10.3. The molecule has 0 saturated heterocycles. The van der Waals surface area contributed by atoms with Crippen LogP contribution >= 0.6 is 0 Å². The lowest BCUT2D eigenvalue weighted by Crippen LogP contribution is -2.44. The molecule has 0 aromatic heterocycles. The van der Waals surface area contributed by atoms with E-state index in [-0.39, 0.29) is 6.10 Å². The molecule has 1 unspecified atom stereocenters. The van der Waals surface area contributed by atoms with Gasteiger partial charge in [0.15, 0.2) is 0 Å². The minimum Gasteiger partial charge on any atom is -0.393 e. The Kier molecular flexibility index (Phi) is 5.05. The molecule has 0 radical (unpaired) electrons. The lowest BCUT2D eigenvalue weighted by molar-refractivity contribution is 0.0226. The minimum absolute atomic E-state index is 0.0587. The van der Waals surface area contributed by atoms with Gasteiger partial charge in [-0.2, -0.15) is 0 Å². The molecule has 5 rings (SSSR count). The topological polar surface area (TPSA) is 20.2 Å². The van der Waals surface area contributed by atoms with Crippen molar-refractivity contribution in [2.24, 2.45) is 28.6 Å². The third-order valence-corrected chi connectivity index (χ3v) is 9.81. The van der Waals surface area contributed by atoms with E-state index in [1.807, 2.05) is 0 Å². The van der Waals surface area contributed by atoms with Crippen LogP contribution in [0.15, 0.2) is 47.1 Å². The summed E-state index contributed by atoms with van der Waals surface area (Å²) < 4.78 is 0. The van der Waals surface area contributed by atoms with Gasteiger partial charge in [-0.25, -0.2) is 0 Å². The smallest absolute Gasteiger partial charge is 0.0543 e. The van der Waals surface area contributed by atoms with Crippen LogP contribution in [0.2, 0.25) is 0 Å². The van der Waals surface area contributed by atoms with Crippen LogP contribution in [0, 0.1) is 35.5 Å². The fraction of sp³-hybridized carbons (Fsp3) is 0.655. The largest absolute Gasteiger partial charge is 0.393 e. The summed E-state index contributed by atoms with van der Waals surface area (Å²) in [6.45, 7) is 9.83. The van der Waals surface area contributed by atoms with Crippen molar-refractivity contribution in [2.45, 2.75) is 91.6 Å². The quantitative estimate of drug-likeness (QED) is 0.566. The molecular formula is C29H40O. The first-order chi connectivity index (χ1) is 14.3. The lowest BCUT2D eigenvalue weighted by Gasteiger charge is -2.54. The highest BCUT2D eigenvalue weighted by molar-refractivity contribution is 5.49. The van der Waals surface area contributed by atoms with E-state index in [1.54, 1.807) is 16.7 Å². The average Bonchev–Trinajstić information content (AvgIpc) is 3.06. The van der Waals surface area contributed by atoms with Gasteiger partial charge in [0.1, 0.15) is 0 Å². The number of aliphatic hydroxyl groups excluding tert-OH is 1. The first-order valence-corrected chi connectivity index (χ1v) is 12.5. The summed E-state index contributed by atoms with van der Waals surface area (Å²) in [5, 5.41) is 10.3. The predicted octanol–water partition coefficient (Wildman–Crippen LogP) is 7.18. The Bertz CT molecular complexity index is 891. The van der Waals surface area contributed by atoms with Crippen molar-refractivity contribution in [1.29, 1.82) is 0 Å². The van der Waals surface area contributed by atoms with Crippen LogP contribution < -0.4 is 0 Å². The maximum Gasteiger partial charge on any atom is 0.0543 e. The van der Waals surface area contributed by atoms with Gasteiger partial charge in [-0.1, -0.05) is 62.2 Å². The summed E-state index contributed by atoms with van der Waals surface area (Å²) >= 11 is 0. The van der Waals surface area contributed by atoms with Crippen LogP contribution in [-0.4, -0.2) is 11.2 Å². The Morgan fingerprint density at radius 1 is 1.10 bits per heavy atom. The summed E-state index contributed by atoms with van der Waals surface area (Å²) in [7, 11) is 0. The Morgan fingerprint density at radius 3 is 2.73 bits per heavy atom. The Balaban J connectivity index is 1.40. The van der Waals surface area contributed by atoms with Crippen molar-refractivity contribution in [3.05, 3.63) is 58.2 Å². The van der Waals surface area contributed by atoms with E-state index in [2.05, 4.69) is 58.0 Å². The van der Waals surface area contributed by atoms with Crippen molar-refractivity contribution in [1.82, 2.24) is 0 Å². The van der Waals surface area contributed by atoms with Crippen LogP contribution in [0.25, 0.3) is 0 Å². The van der Waals surface area contributed by atoms with E-state index in [0.29, 0.717) is 22.7 Å². The van der Waals surface area contributed by atoms with E-state index in [4.69, 9.17) is 0 Å². The second-order valence-electron chi connectivity index (χ2n) is 11.6. The Labute approximate surface area is 183 Å². The second kappa shape index (κ2) is 7.37. The van der Waals surface area contributed by atoms with E-state index in [0.717, 1.165) is 18.8 Å². The maximum absolute atomic E-state index is 10.3. The molecular weight excluding hydrogens is 364 g/mol. The molecule has 4 aliphatic carbocycles. The standard InChI is InChI=1S/C29H40O/c1-19-6-5-7-21(16-19)17-20(2)25-10-11-26-24-9-8-22-18-23(30)12-14-28(22,3)27(24)13-15-29(25,26)4/h5-7,11,16,20,22-23,25,30H,8-10,12-15,17-18H2,1-4H3/t20?,22-,23-,25+,28-,29+/m0/s1. The van der Waals surface area contributed by atoms with Gasteiger partial charge in [-0.3, -0.25) is 0 Å². The molecule has 1 nitrogen and oxygen atoms in total. The molecule has 0 amide bonds. The van der Waals surface area contributed by atoms with Crippen molar-refractivity contribution >= 4 is 0 Å². The molecule has 0 spiro atoms. The molecule has 1 heteroatoms. The third-order valence-electron chi connectivity index (χ3n) is 9.81. The van der Waals surface area contributed by atoms with Gasteiger partial charge < -0.3 is 5.11 Å². The molecule has 1 N–H and O–H groups in total. The van der Waals surface area contributed by atoms with Gasteiger partial charge in [0, 0.05) is 0 Å². The zero-order valence-electron chi connectivity index (χ0n) is 19.5. The van der Waals surface area contributed by atoms with Crippen LogP contribution in [0.1, 0.15) is 83.3 Å². The molecule has 6 atom stereocenters. The summed E-state index contributed by atoms with van der Waals surface area (Å²) in [6.07, 6.45) is 13.4. The van der Waals surface area contributed by atoms with Gasteiger partial charge in [0.2, 0.25) is 0 Å². The number of aryl methyl sites for hydroxylation is 1. The molecule has 0 heterocycles. The molecule has 4 aliphatic rings. The molecule has 162 valence electrons. The zero-order chi connectivity index (χ0) is 21.1. The molecule has 1 aromatic rings. The first kappa shape index (κ1) is 20.6. The summed E-state index contributed by atoms with van der Waals surface area (Å²) in [5.41, 5.74) is 8.87. The van der Waals surface area contributed by atoms with Crippen molar-refractivity contribution in [2.75, 3.05) is 0 Å². The van der Waals surface area contributed by atoms with E-state index < -0.39 is 0 Å². The summed E-state index contributed by atoms with van der Waals surface area (Å²) in [5.74, 6) is 2.17. The second-order valence-corrected chi connectivity index (χ2v) is 11.6. The fourth-order valence-electron chi connectivity index (χ4n) is 8.08.